The Morgan fingerprint density at radius 2 is 0.891 bits per heavy atom. The van der Waals surface area contributed by atoms with E-state index in [4.69, 9.17) is 0 Å². The molecular weight excluding hydrogens is 777 g/mol. The molecule has 2 unspecified atom stereocenters. The molecule has 4 fully saturated rings. The van der Waals surface area contributed by atoms with Crippen LogP contribution in [-0.4, -0.2) is 153 Å². The van der Waals surface area contributed by atoms with Gasteiger partial charge in [-0.15, -0.1) is 0 Å². The van der Waals surface area contributed by atoms with E-state index in [-0.39, 0.29) is 111 Å². The van der Waals surface area contributed by atoms with Crippen LogP contribution < -0.4 is 10.6 Å². The van der Waals surface area contributed by atoms with Gasteiger partial charge >= 0.3 is 11.9 Å². The number of Topliss-reactive ketones (excluding diaryl/α,β-unsaturated/α-hetero) is 2. The number of ketones is 2. The van der Waals surface area contributed by atoms with Gasteiger partial charge in [-0.3, -0.25) is 28.8 Å². The molecule has 0 aromatic rings. The fourth-order valence-corrected chi connectivity index (χ4v) is 8.64. The Kier molecular flexibility index (Phi) is 20.0. The summed E-state index contributed by atoms with van der Waals surface area (Å²) in [6.45, 7) is 6.79. The number of likely N-dealkylation sites (tertiary alicyclic amines) is 2. The quantitative estimate of drug-likeness (QED) is 0.0857. The second kappa shape index (κ2) is 22.3. The van der Waals surface area contributed by atoms with Crippen LogP contribution in [0.25, 0.3) is 0 Å². The average Bonchev–Trinajstić information content (AvgIpc) is 3.84. The number of carbonyl (C=O) groups is 8. The molecule has 2 saturated heterocycles. The van der Waals surface area contributed by atoms with Gasteiger partial charge in [0.1, 0.15) is 0 Å². The number of hydrogen-bond donors (Lipinski definition) is 6. The Morgan fingerprint density at radius 3 is 1.16 bits per heavy atom. The van der Waals surface area contributed by atoms with Gasteiger partial charge in [0.25, 0.3) is 0 Å². The molecule has 0 bridgehead atoms. The fourth-order valence-electron chi connectivity index (χ4n) is 8.33. The maximum atomic E-state index is 13.1. The van der Waals surface area contributed by atoms with Gasteiger partial charge in [-0.25, -0.2) is 9.59 Å². The summed E-state index contributed by atoms with van der Waals surface area (Å²) in [5, 5.41) is 25.2. The van der Waals surface area contributed by atoms with E-state index in [2.05, 4.69) is 35.9 Å². The van der Waals surface area contributed by atoms with Crippen molar-refractivity contribution >= 4 is 110 Å². The Labute approximate surface area is 365 Å². The molecule has 4 amide bonds. The molecule has 2 aliphatic heterocycles. The molecule has 0 aromatic heterocycles. The summed E-state index contributed by atoms with van der Waals surface area (Å²) < 4.78 is 0. The standard InChI is InChI=1S/2C19H30N2O5S.Ca/c2*1-12(11-27)17(24)21-10-6-9-19(21,18(25)26)15(22)13(2)20-16(23)14-7-4-3-5-8-14;/h2*12-14,27H,3-11H2,1-2H3,(H,20,23)(H,25,26);/t2*12?,13-,19+;/m11./s1. The van der Waals surface area contributed by atoms with E-state index in [0.717, 1.165) is 64.2 Å². The number of carboxylic acid groups (broad SMARTS) is 2. The Hall–Kier alpha value is -1.88. The molecular formula is C38H60CaN4O10S2. The minimum atomic E-state index is -1.91. The summed E-state index contributed by atoms with van der Waals surface area (Å²) in [6, 6.07) is -1.93. The summed E-state index contributed by atoms with van der Waals surface area (Å²) >= 11 is 8.23. The van der Waals surface area contributed by atoms with Gasteiger partial charge in [0, 0.05) is 86.0 Å². The van der Waals surface area contributed by atoms with E-state index < -0.39 is 58.5 Å². The first-order valence-corrected chi connectivity index (χ1v) is 20.8. The van der Waals surface area contributed by atoms with Crippen molar-refractivity contribution in [2.45, 2.75) is 141 Å². The van der Waals surface area contributed by atoms with Crippen LogP contribution in [-0.2, 0) is 38.4 Å². The van der Waals surface area contributed by atoms with Gasteiger partial charge in [0.15, 0.2) is 11.6 Å². The molecule has 4 N–H and O–H groups in total. The maximum absolute atomic E-state index is 13.1. The molecule has 55 heavy (non-hydrogen) atoms. The summed E-state index contributed by atoms with van der Waals surface area (Å²) in [7, 11) is 0. The van der Waals surface area contributed by atoms with Crippen molar-refractivity contribution in [2.75, 3.05) is 24.6 Å². The van der Waals surface area contributed by atoms with Gasteiger partial charge in [0.05, 0.1) is 12.1 Å². The molecule has 2 saturated carbocycles. The Balaban J connectivity index is 0.000000373. The number of nitrogens with one attached hydrogen (secondary N) is 2. The van der Waals surface area contributed by atoms with Crippen LogP contribution in [0.1, 0.15) is 118 Å². The number of carbonyl (C=O) groups excluding carboxylic acids is 6. The molecule has 4 aliphatic rings. The van der Waals surface area contributed by atoms with Crippen molar-refractivity contribution in [1.82, 2.24) is 20.4 Å². The van der Waals surface area contributed by atoms with Crippen LogP contribution in [0.3, 0.4) is 0 Å². The van der Waals surface area contributed by atoms with Crippen molar-refractivity contribution in [3.05, 3.63) is 0 Å². The van der Waals surface area contributed by atoms with Crippen molar-refractivity contribution in [1.29, 1.82) is 0 Å². The monoisotopic (exact) mass is 836 g/mol. The zero-order valence-corrected chi connectivity index (χ0v) is 36.8. The van der Waals surface area contributed by atoms with Gasteiger partial charge in [-0.2, -0.15) is 25.3 Å². The van der Waals surface area contributed by atoms with Gasteiger partial charge in [0.2, 0.25) is 34.7 Å². The van der Waals surface area contributed by atoms with Crippen LogP contribution in [0.4, 0.5) is 0 Å². The van der Waals surface area contributed by atoms with Crippen LogP contribution >= 0.6 is 25.3 Å². The number of rotatable bonds is 14. The summed E-state index contributed by atoms with van der Waals surface area (Å²) in [4.78, 5) is 103. The minimum absolute atomic E-state index is 0. The Bertz CT molecular complexity index is 1320. The minimum Gasteiger partial charge on any atom is -0.479 e. The van der Waals surface area contributed by atoms with Crippen LogP contribution in [0.15, 0.2) is 0 Å². The van der Waals surface area contributed by atoms with E-state index >= 15 is 0 Å². The van der Waals surface area contributed by atoms with E-state index in [9.17, 15) is 48.6 Å². The second-order valence-corrected chi connectivity index (χ2v) is 16.3. The van der Waals surface area contributed by atoms with E-state index in [1.807, 2.05) is 0 Å². The van der Waals surface area contributed by atoms with E-state index in [1.165, 1.54) is 23.6 Å². The molecule has 0 aromatic carbocycles. The van der Waals surface area contributed by atoms with Gasteiger partial charge < -0.3 is 30.6 Å². The van der Waals surface area contributed by atoms with Crippen LogP contribution in [0, 0.1) is 23.7 Å². The van der Waals surface area contributed by atoms with Crippen molar-refractivity contribution < 1.29 is 48.6 Å². The van der Waals surface area contributed by atoms with Gasteiger partial charge in [-0.1, -0.05) is 52.4 Å². The normalized spacial score (nSPS) is 25.2. The van der Waals surface area contributed by atoms with Crippen molar-refractivity contribution in [3.63, 3.8) is 0 Å². The number of amides is 4. The fraction of sp³-hybridized carbons (Fsp3) is 0.789. The van der Waals surface area contributed by atoms with Gasteiger partial charge in [-0.05, 0) is 65.2 Å². The molecule has 2 heterocycles. The molecule has 306 valence electrons. The molecule has 17 heteroatoms. The molecule has 14 nitrogen and oxygen atoms in total. The SMILES string of the molecule is CC(CS)C(=O)N1CCC[C@@]1(C(=O)O)C(=O)[C@@H](C)NC(=O)C1CCCCC1.CC(CS)C(=O)N1CCC[C@@]1(C(=O)O)C(=O)[C@@H](C)NC(=O)C1CCCCC1.[Ca]. The first-order chi connectivity index (χ1) is 25.5. The summed E-state index contributed by atoms with van der Waals surface area (Å²) in [5.41, 5.74) is -3.82. The third-order valence-electron chi connectivity index (χ3n) is 11.7. The summed E-state index contributed by atoms with van der Waals surface area (Å²) in [5.74, 6) is -5.75. The largest absolute Gasteiger partial charge is 0.479 e. The zero-order chi connectivity index (χ0) is 40.4. The van der Waals surface area contributed by atoms with Crippen molar-refractivity contribution in [2.24, 2.45) is 23.7 Å². The van der Waals surface area contributed by atoms with Crippen LogP contribution in [0.2, 0.25) is 0 Å². The zero-order valence-electron chi connectivity index (χ0n) is 32.8. The molecule has 4 rings (SSSR count). The number of nitrogens with zero attached hydrogens (tertiary/aromatic N) is 2. The molecule has 2 aliphatic carbocycles. The van der Waals surface area contributed by atoms with Crippen molar-refractivity contribution in [3.8, 4) is 0 Å². The molecule has 2 radical (unpaired) electrons. The van der Waals surface area contributed by atoms with E-state index in [1.54, 1.807) is 13.8 Å². The number of hydrogen-bond acceptors (Lipinski definition) is 10. The maximum Gasteiger partial charge on any atom is 0.337 e. The first-order valence-electron chi connectivity index (χ1n) is 19.5. The third-order valence-corrected chi connectivity index (χ3v) is 12.8. The predicted molar refractivity (Wildman–Crippen MR) is 213 cm³/mol. The summed E-state index contributed by atoms with van der Waals surface area (Å²) in [6.07, 6.45) is 10.4. The Morgan fingerprint density at radius 1 is 0.582 bits per heavy atom. The molecule has 0 spiro atoms. The predicted octanol–water partition coefficient (Wildman–Crippen LogP) is 2.92. The topological polar surface area (TPSA) is 208 Å². The number of aliphatic carboxylic acids is 2. The number of carboxylic acids is 2. The average molecular weight is 837 g/mol. The smallest absolute Gasteiger partial charge is 0.337 e. The van der Waals surface area contributed by atoms with E-state index in [0.29, 0.717) is 12.8 Å². The second-order valence-electron chi connectivity index (χ2n) is 15.5. The first kappa shape index (κ1) is 49.3. The van der Waals surface area contributed by atoms with Crippen LogP contribution in [0.5, 0.6) is 0 Å². The number of thiol groups is 2. The third kappa shape index (κ3) is 11.2. The molecule has 6 atom stereocenters.